The third-order valence-corrected chi connectivity index (χ3v) is 6.51. The van der Waals surface area contributed by atoms with E-state index >= 15 is 0 Å². The Morgan fingerprint density at radius 3 is 2.29 bits per heavy atom. The summed E-state index contributed by atoms with van der Waals surface area (Å²) in [5.74, 6) is -0.831. The van der Waals surface area contributed by atoms with Crippen LogP contribution in [-0.2, 0) is 29.7 Å². The van der Waals surface area contributed by atoms with Crippen LogP contribution < -0.4 is 5.32 Å². The zero-order chi connectivity index (χ0) is 25.6. The number of carbonyl (C=O) groups excluding carboxylic acids is 2. The van der Waals surface area contributed by atoms with Crippen LogP contribution in [0.25, 0.3) is 0 Å². The van der Waals surface area contributed by atoms with Crippen molar-refractivity contribution in [1.82, 2.24) is 10.3 Å². The van der Waals surface area contributed by atoms with Crippen molar-refractivity contribution in [3.05, 3.63) is 30.1 Å². The molecule has 2 rings (SSSR count). The molecule has 1 aromatic rings. The van der Waals surface area contributed by atoms with Crippen molar-refractivity contribution in [1.29, 1.82) is 0 Å². The second-order valence-corrected chi connectivity index (χ2v) is 12.4. The van der Waals surface area contributed by atoms with E-state index in [9.17, 15) is 18.0 Å². The molecule has 1 unspecified atom stereocenters. The molecule has 1 aliphatic carbocycles. The number of amides is 1. The van der Waals surface area contributed by atoms with Gasteiger partial charge in [-0.15, -0.1) is 0 Å². The monoisotopic (exact) mass is 495 g/mol. The Labute approximate surface area is 202 Å². The molecular formula is C24H37N3O6S. The molecule has 0 bridgehead atoms. The highest BCUT2D eigenvalue weighted by Gasteiger charge is 2.40. The third kappa shape index (κ3) is 9.04. The van der Waals surface area contributed by atoms with E-state index in [4.69, 9.17) is 9.47 Å². The molecule has 34 heavy (non-hydrogen) atoms. The first kappa shape index (κ1) is 27.8. The van der Waals surface area contributed by atoms with E-state index in [-0.39, 0.29) is 17.6 Å². The number of aromatic nitrogens is 1. The van der Waals surface area contributed by atoms with Crippen LogP contribution in [-0.4, -0.2) is 54.7 Å². The van der Waals surface area contributed by atoms with Gasteiger partial charge in [-0.05, 0) is 72.9 Å². The van der Waals surface area contributed by atoms with E-state index in [1.165, 1.54) is 0 Å². The number of pyridine rings is 1. The summed E-state index contributed by atoms with van der Waals surface area (Å²) < 4.78 is 39.5. The van der Waals surface area contributed by atoms with E-state index < -0.39 is 39.3 Å². The van der Waals surface area contributed by atoms with Crippen LogP contribution in [0.5, 0.6) is 0 Å². The van der Waals surface area contributed by atoms with Crippen LogP contribution in [0.4, 0.5) is 4.79 Å². The molecule has 0 aliphatic heterocycles. The Bertz CT molecular complexity index is 974. The Hall–Kier alpha value is -2.49. The molecule has 10 heteroatoms. The number of carbonyl (C=O) groups is 2. The number of rotatable bonds is 9. The van der Waals surface area contributed by atoms with Crippen LogP contribution in [0.3, 0.4) is 0 Å². The lowest BCUT2D eigenvalue weighted by Gasteiger charge is -2.41. The first-order valence-electron chi connectivity index (χ1n) is 11.5. The van der Waals surface area contributed by atoms with E-state index in [2.05, 4.69) is 14.7 Å². The van der Waals surface area contributed by atoms with Gasteiger partial charge in [0.05, 0.1) is 5.75 Å². The molecule has 0 aromatic carbocycles. The average molecular weight is 496 g/mol. The minimum atomic E-state index is -3.77. The summed E-state index contributed by atoms with van der Waals surface area (Å²) in [6.45, 7) is 10.2. The fourth-order valence-electron chi connectivity index (χ4n) is 3.59. The maximum Gasteiger partial charge on any atom is 0.408 e. The highest BCUT2D eigenvalue weighted by Crippen LogP contribution is 2.45. The van der Waals surface area contributed by atoms with Crippen molar-refractivity contribution in [2.75, 3.05) is 5.75 Å². The lowest BCUT2D eigenvalue weighted by Crippen LogP contribution is -2.46. The largest absolute Gasteiger partial charge is 0.458 e. The molecule has 1 aromatic heterocycles. The predicted molar refractivity (Wildman–Crippen MR) is 130 cm³/mol. The van der Waals surface area contributed by atoms with Crippen molar-refractivity contribution in [3.63, 3.8) is 0 Å². The molecule has 0 saturated heterocycles. The Morgan fingerprint density at radius 1 is 1.15 bits per heavy atom. The molecule has 1 heterocycles. The highest BCUT2D eigenvalue weighted by molar-refractivity contribution is 7.90. The number of hydrogen-bond donors (Lipinski definition) is 1. The van der Waals surface area contributed by atoms with E-state index in [0.29, 0.717) is 6.42 Å². The first-order valence-corrected chi connectivity index (χ1v) is 13.1. The van der Waals surface area contributed by atoms with E-state index in [1.807, 2.05) is 18.2 Å². The maximum atomic E-state index is 12.6. The fourth-order valence-corrected chi connectivity index (χ4v) is 4.66. The fraction of sp³-hybridized carbons (Fsp3) is 0.667. The summed E-state index contributed by atoms with van der Waals surface area (Å²) in [4.78, 5) is 29.2. The summed E-state index contributed by atoms with van der Waals surface area (Å²) in [7, 11) is -3.77. The molecule has 9 nitrogen and oxygen atoms in total. The molecule has 1 aliphatic rings. The normalized spacial score (nSPS) is 17.0. The summed E-state index contributed by atoms with van der Waals surface area (Å²) in [6.07, 6.45) is 5.14. The van der Waals surface area contributed by atoms with Gasteiger partial charge in [0.1, 0.15) is 17.2 Å². The second kappa shape index (κ2) is 10.8. The van der Waals surface area contributed by atoms with Gasteiger partial charge in [-0.3, -0.25) is 4.98 Å². The molecular weight excluding hydrogens is 458 g/mol. The summed E-state index contributed by atoms with van der Waals surface area (Å²) in [6, 6.07) is 4.54. The lowest BCUT2D eigenvalue weighted by molar-refractivity contribution is -0.157. The molecule has 1 N–H and O–H groups in total. The van der Waals surface area contributed by atoms with Crippen molar-refractivity contribution >= 4 is 28.3 Å². The Morgan fingerprint density at radius 2 is 1.79 bits per heavy atom. The van der Waals surface area contributed by atoms with E-state index in [0.717, 1.165) is 31.2 Å². The molecule has 0 spiro atoms. The average Bonchev–Trinajstić information content (AvgIpc) is 2.64. The zero-order valence-corrected chi connectivity index (χ0v) is 21.8. The zero-order valence-electron chi connectivity index (χ0n) is 21.0. The predicted octanol–water partition coefficient (Wildman–Crippen LogP) is 3.92. The summed E-state index contributed by atoms with van der Waals surface area (Å²) in [5.41, 5.74) is -0.866. The minimum absolute atomic E-state index is 0.128. The van der Waals surface area contributed by atoms with Gasteiger partial charge in [-0.1, -0.05) is 12.5 Å². The van der Waals surface area contributed by atoms with Gasteiger partial charge < -0.3 is 14.8 Å². The second-order valence-electron chi connectivity index (χ2n) is 10.6. The Kier molecular flexibility index (Phi) is 8.85. The molecule has 1 atom stereocenters. The molecule has 1 fully saturated rings. The van der Waals surface area contributed by atoms with Gasteiger partial charge in [-0.2, -0.15) is 4.40 Å². The van der Waals surface area contributed by atoms with Crippen LogP contribution >= 0.6 is 0 Å². The van der Waals surface area contributed by atoms with Gasteiger partial charge in [0.15, 0.2) is 0 Å². The molecule has 190 valence electrons. The smallest absolute Gasteiger partial charge is 0.408 e. The lowest BCUT2D eigenvalue weighted by atomic mass is 9.65. The van der Waals surface area contributed by atoms with Crippen LogP contribution in [0.2, 0.25) is 0 Å². The number of alkyl carbamates (subject to hydrolysis) is 1. The minimum Gasteiger partial charge on any atom is -0.458 e. The first-order chi connectivity index (χ1) is 15.6. The van der Waals surface area contributed by atoms with Gasteiger partial charge in [0.2, 0.25) is 0 Å². The number of ether oxygens (including phenoxy) is 2. The maximum absolute atomic E-state index is 12.6. The van der Waals surface area contributed by atoms with Crippen molar-refractivity contribution in [2.24, 2.45) is 4.40 Å². The van der Waals surface area contributed by atoms with Crippen molar-refractivity contribution in [3.8, 4) is 0 Å². The van der Waals surface area contributed by atoms with Crippen molar-refractivity contribution < 1.29 is 27.5 Å². The highest BCUT2D eigenvalue weighted by atomic mass is 32.2. The van der Waals surface area contributed by atoms with Gasteiger partial charge in [-0.25, -0.2) is 18.0 Å². The van der Waals surface area contributed by atoms with Crippen LogP contribution in [0, 0.1) is 0 Å². The van der Waals surface area contributed by atoms with E-state index in [1.54, 1.807) is 47.7 Å². The van der Waals surface area contributed by atoms with Gasteiger partial charge in [0.25, 0.3) is 10.0 Å². The number of hydrogen-bond acceptors (Lipinski definition) is 7. The van der Waals surface area contributed by atoms with Crippen LogP contribution in [0.1, 0.15) is 79.3 Å². The molecule has 0 radical (unpaired) electrons. The standard InChI is InChI=1S/C24H37N3O6S/c1-22(2,3)32-20(28)18(27-21(29)33-23(4,5)6)11-16-26-34(30,31)17-14-24(12-9-13-24)19-10-7-8-15-25-19/h7-8,10,15-16,18H,9,11-14,17H2,1-6H3,(H,27,29)/b26-16+. The number of nitrogens with one attached hydrogen (secondary N) is 1. The summed E-state index contributed by atoms with van der Waals surface area (Å²) in [5, 5.41) is 2.45. The summed E-state index contributed by atoms with van der Waals surface area (Å²) >= 11 is 0. The SMILES string of the molecule is CC(C)(C)OC(=O)NC(C/C=N/S(=O)(=O)CCC1(c2ccccn2)CCC1)C(=O)OC(C)(C)C. The van der Waals surface area contributed by atoms with Gasteiger partial charge >= 0.3 is 12.1 Å². The quantitative estimate of drug-likeness (QED) is 0.407. The van der Waals surface area contributed by atoms with Gasteiger partial charge in [0, 0.05) is 29.9 Å². The third-order valence-electron chi connectivity index (χ3n) is 5.32. The number of sulfonamides is 1. The topological polar surface area (TPSA) is 124 Å². The molecule has 1 saturated carbocycles. The number of esters is 1. The van der Waals surface area contributed by atoms with Crippen LogP contribution in [0.15, 0.2) is 28.8 Å². The Balaban J connectivity index is 2.03. The van der Waals surface area contributed by atoms with Crippen molar-refractivity contribution in [2.45, 2.75) is 96.3 Å². The number of nitrogens with zero attached hydrogens (tertiary/aromatic N) is 2. The molecule has 1 amide bonds.